The monoisotopic (exact) mass is 292 g/mol. The van der Waals surface area contributed by atoms with Gasteiger partial charge >= 0.3 is 5.97 Å². The molecule has 1 aromatic heterocycles. The third-order valence-electron chi connectivity index (χ3n) is 3.38. The van der Waals surface area contributed by atoms with E-state index in [1.54, 1.807) is 25.6 Å². The second kappa shape index (κ2) is 5.87. The van der Waals surface area contributed by atoms with Gasteiger partial charge in [-0.25, -0.2) is 4.98 Å². The summed E-state index contributed by atoms with van der Waals surface area (Å²) in [5, 5.41) is 9.96. The fourth-order valence-electron chi connectivity index (χ4n) is 1.96. The van der Waals surface area contributed by atoms with Crippen molar-refractivity contribution in [3.63, 3.8) is 0 Å². The highest BCUT2D eigenvalue weighted by atomic mass is 32.2. The molecule has 2 aromatic rings. The van der Waals surface area contributed by atoms with Gasteiger partial charge in [0.2, 0.25) is 0 Å². The van der Waals surface area contributed by atoms with Crippen molar-refractivity contribution in [1.82, 2.24) is 9.97 Å². The number of aromatic amines is 1. The van der Waals surface area contributed by atoms with Crippen molar-refractivity contribution >= 4 is 28.8 Å². The van der Waals surface area contributed by atoms with Crippen molar-refractivity contribution in [3.05, 3.63) is 23.8 Å². The summed E-state index contributed by atoms with van der Waals surface area (Å²) in [4.78, 5) is 18.8. The van der Waals surface area contributed by atoms with Crippen LogP contribution >= 0.6 is 11.8 Å². The Hall–Kier alpha value is -1.49. The minimum Gasteiger partial charge on any atom is -0.481 e. The van der Waals surface area contributed by atoms with E-state index in [-0.39, 0.29) is 0 Å². The summed E-state index contributed by atoms with van der Waals surface area (Å²) in [6.07, 6.45) is 1.54. The number of hydrogen-bond acceptors (Lipinski definition) is 3. The lowest BCUT2D eigenvalue weighted by Crippen LogP contribution is -2.23. The Morgan fingerprint density at radius 2 is 2.20 bits per heavy atom. The molecular formula is C15H20N2O2S. The Morgan fingerprint density at radius 1 is 1.45 bits per heavy atom. The number of aliphatic carboxylic acids is 1. The van der Waals surface area contributed by atoms with Gasteiger partial charge in [0.05, 0.1) is 16.4 Å². The van der Waals surface area contributed by atoms with Crippen molar-refractivity contribution in [2.75, 3.05) is 5.75 Å². The number of hydrogen-bond donors (Lipinski definition) is 2. The van der Waals surface area contributed by atoms with Crippen LogP contribution in [-0.4, -0.2) is 26.8 Å². The summed E-state index contributed by atoms with van der Waals surface area (Å²) in [5.74, 6) is 0.136. The fourth-order valence-corrected chi connectivity index (χ4v) is 2.79. The van der Waals surface area contributed by atoms with Crippen LogP contribution in [0.2, 0.25) is 0 Å². The largest absolute Gasteiger partial charge is 0.481 e. The average molecular weight is 292 g/mol. The lowest BCUT2D eigenvalue weighted by molar-refractivity contribution is -0.147. The van der Waals surface area contributed by atoms with Gasteiger partial charge in [0, 0.05) is 5.75 Å². The van der Waals surface area contributed by atoms with E-state index in [1.807, 2.05) is 12.1 Å². The SMILES string of the molecule is Cc1ccc2nc(SCCCC(C)(C)C(=O)O)[nH]c2c1. The highest BCUT2D eigenvalue weighted by Crippen LogP contribution is 2.26. The number of carboxylic acid groups (broad SMARTS) is 1. The number of imidazole rings is 1. The molecule has 0 aliphatic carbocycles. The second-order valence-corrected chi connectivity index (χ2v) is 6.79. The molecule has 0 bridgehead atoms. The maximum absolute atomic E-state index is 11.0. The van der Waals surface area contributed by atoms with E-state index in [4.69, 9.17) is 5.11 Å². The molecule has 0 spiro atoms. The Kier molecular flexibility index (Phi) is 4.38. The lowest BCUT2D eigenvalue weighted by Gasteiger charge is -2.18. The zero-order valence-electron chi connectivity index (χ0n) is 12.1. The van der Waals surface area contributed by atoms with E-state index >= 15 is 0 Å². The molecule has 2 rings (SSSR count). The summed E-state index contributed by atoms with van der Waals surface area (Å²) in [7, 11) is 0. The number of benzene rings is 1. The third-order valence-corrected chi connectivity index (χ3v) is 4.34. The standard InChI is InChI=1S/C15H20N2O2S/c1-10-5-6-11-12(9-10)17-14(16-11)20-8-4-7-15(2,3)13(18)19/h5-6,9H,4,7-8H2,1-3H3,(H,16,17)(H,18,19). The molecule has 5 heteroatoms. The number of aryl methyl sites for hydroxylation is 1. The quantitative estimate of drug-likeness (QED) is 0.627. The topological polar surface area (TPSA) is 66.0 Å². The average Bonchev–Trinajstić information content (AvgIpc) is 2.76. The molecule has 20 heavy (non-hydrogen) atoms. The Labute approximate surface area is 123 Å². The molecule has 0 saturated carbocycles. The maximum atomic E-state index is 11.0. The predicted molar refractivity (Wildman–Crippen MR) is 82.2 cm³/mol. The van der Waals surface area contributed by atoms with Gasteiger partial charge in [-0.3, -0.25) is 4.79 Å². The Bertz CT molecular complexity index is 619. The highest BCUT2D eigenvalue weighted by Gasteiger charge is 2.26. The summed E-state index contributed by atoms with van der Waals surface area (Å²) < 4.78 is 0. The highest BCUT2D eigenvalue weighted by molar-refractivity contribution is 7.99. The zero-order valence-corrected chi connectivity index (χ0v) is 12.9. The van der Waals surface area contributed by atoms with Crippen LogP contribution in [0.25, 0.3) is 11.0 Å². The van der Waals surface area contributed by atoms with E-state index in [0.717, 1.165) is 28.4 Å². The molecule has 1 heterocycles. The molecule has 0 saturated heterocycles. The van der Waals surface area contributed by atoms with Crippen molar-refractivity contribution in [1.29, 1.82) is 0 Å². The van der Waals surface area contributed by atoms with Crippen molar-refractivity contribution in [3.8, 4) is 0 Å². The van der Waals surface area contributed by atoms with Gasteiger partial charge in [0.1, 0.15) is 0 Å². The van der Waals surface area contributed by atoms with E-state index < -0.39 is 11.4 Å². The van der Waals surface area contributed by atoms with Crippen LogP contribution in [0.4, 0.5) is 0 Å². The molecule has 0 radical (unpaired) electrons. The van der Waals surface area contributed by atoms with Crippen LogP contribution in [-0.2, 0) is 4.79 Å². The molecule has 0 aliphatic rings. The van der Waals surface area contributed by atoms with E-state index in [9.17, 15) is 4.79 Å². The minimum atomic E-state index is -0.735. The maximum Gasteiger partial charge on any atom is 0.309 e. The second-order valence-electron chi connectivity index (χ2n) is 5.70. The van der Waals surface area contributed by atoms with Gasteiger partial charge in [-0.15, -0.1) is 0 Å². The van der Waals surface area contributed by atoms with Crippen LogP contribution in [0.3, 0.4) is 0 Å². The molecule has 0 aliphatic heterocycles. The number of carboxylic acids is 1. The number of rotatable bonds is 6. The first-order valence-electron chi connectivity index (χ1n) is 6.71. The van der Waals surface area contributed by atoms with Crippen LogP contribution in [0.5, 0.6) is 0 Å². The van der Waals surface area contributed by atoms with Crippen LogP contribution in [0.1, 0.15) is 32.3 Å². The first-order valence-corrected chi connectivity index (χ1v) is 7.69. The number of nitrogens with one attached hydrogen (secondary N) is 1. The molecule has 0 fully saturated rings. The molecule has 108 valence electrons. The van der Waals surface area contributed by atoms with Gasteiger partial charge in [0.25, 0.3) is 0 Å². The van der Waals surface area contributed by atoms with E-state index in [2.05, 4.69) is 23.0 Å². The summed E-state index contributed by atoms with van der Waals surface area (Å²) >= 11 is 1.64. The predicted octanol–water partition coefficient (Wildman–Crippen LogP) is 3.85. The lowest BCUT2D eigenvalue weighted by atomic mass is 9.88. The number of fused-ring (bicyclic) bond motifs is 1. The fraction of sp³-hybridized carbons (Fsp3) is 0.467. The van der Waals surface area contributed by atoms with Gasteiger partial charge in [0.15, 0.2) is 5.16 Å². The number of thioether (sulfide) groups is 1. The van der Waals surface area contributed by atoms with E-state index in [0.29, 0.717) is 6.42 Å². The van der Waals surface area contributed by atoms with Gasteiger partial charge in [-0.1, -0.05) is 17.8 Å². The number of nitrogens with zero attached hydrogens (tertiary/aromatic N) is 1. The molecule has 4 nitrogen and oxygen atoms in total. The van der Waals surface area contributed by atoms with Gasteiger partial charge < -0.3 is 10.1 Å². The number of aromatic nitrogens is 2. The third kappa shape index (κ3) is 3.54. The molecule has 0 atom stereocenters. The minimum absolute atomic E-state index is 0.647. The summed E-state index contributed by atoms with van der Waals surface area (Å²) in [6, 6.07) is 6.14. The van der Waals surface area contributed by atoms with Gasteiger partial charge in [-0.2, -0.15) is 0 Å². The molecular weight excluding hydrogens is 272 g/mol. The molecule has 1 aromatic carbocycles. The Morgan fingerprint density at radius 3 is 2.90 bits per heavy atom. The van der Waals surface area contributed by atoms with E-state index in [1.165, 1.54) is 5.56 Å². The molecule has 2 N–H and O–H groups in total. The first kappa shape index (κ1) is 14.9. The van der Waals surface area contributed by atoms with Crippen molar-refractivity contribution in [2.45, 2.75) is 38.8 Å². The summed E-state index contributed by atoms with van der Waals surface area (Å²) in [5.41, 5.74) is 2.59. The van der Waals surface area contributed by atoms with Crippen LogP contribution in [0, 0.1) is 12.3 Å². The van der Waals surface area contributed by atoms with Crippen molar-refractivity contribution in [2.24, 2.45) is 5.41 Å². The Balaban J connectivity index is 1.89. The normalized spacial score (nSPS) is 11.9. The smallest absolute Gasteiger partial charge is 0.309 e. The number of carbonyl (C=O) groups is 1. The number of H-pyrrole nitrogens is 1. The first-order chi connectivity index (χ1) is 9.38. The van der Waals surface area contributed by atoms with Crippen molar-refractivity contribution < 1.29 is 9.90 Å². The molecule has 0 amide bonds. The molecule has 0 unspecified atom stereocenters. The van der Waals surface area contributed by atoms with Crippen LogP contribution in [0.15, 0.2) is 23.4 Å². The zero-order chi connectivity index (χ0) is 14.8. The van der Waals surface area contributed by atoms with Gasteiger partial charge in [-0.05, 0) is 51.3 Å². The summed E-state index contributed by atoms with van der Waals surface area (Å²) in [6.45, 7) is 5.59. The van der Waals surface area contributed by atoms with Crippen LogP contribution < -0.4 is 0 Å².